The fourth-order valence-electron chi connectivity index (χ4n) is 1.99. The zero-order valence-electron chi connectivity index (χ0n) is 10.4. The van der Waals surface area contributed by atoms with Crippen LogP contribution in [-0.4, -0.2) is 5.91 Å². The predicted octanol–water partition coefficient (Wildman–Crippen LogP) is 3.34. The van der Waals surface area contributed by atoms with E-state index in [1.54, 1.807) is 0 Å². The Labute approximate surface area is 113 Å². The molecular weight excluding hydrogens is 271 g/mol. The highest BCUT2D eigenvalue weighted by Crippen LogP contribution is 2.39. The van der Waals surface area contributed by atoms with Crippen molar-refractivity contribution in [2.24, 2.45) is 5.92 Å². The molecule has 2 N–H and O–H groups in total. The number of nitrogens with one attached hydrogen (secondary N) is 2. The molecule has 1 saturated carbocycles. The molecule has 1 aliphatic carbocycles. The Kier molecular flexibility index (Phi) is 3.84. The number of hydrogen-bond acceptors (Lipinski definition) is 3. The van der Waals surface area contributed by atoms with Crippen LogP contribution in [0.3, 0.4) is 0 Å². The van der Waals surface area contributed by atoms with E-state index in [9.17, 15) is 18.0 Å². The fraction of sp³-hybridized carbons (Fsp3) is 0.385. The Hall–Kier alpha value is -2.23. The highest BCUT2D eigenvalue weighted by molar-refractivity contribution is 5.96. The van der Waals surface area contributed by atoms with Crippen molar-refractivity contribution in [1.29, 1.82) is 5.26 Å². The first-order valence-electron chi connectivity index (χ1n) is 6.09. The second-order valence-corrected chi connectivity index (χ2v) is 4.58. The van der Waals surface area contributed by atoms with Crippen molar-refractivity contribution in [3.63, 3.8) is 0 Å². The molecule has 0 heterocycles. The molecular formula is C13H12F3N3O. The van der Waals surface area contributed by atoms with Gasteiger partial charge >= 0.3 is 6.18 Å². The lowest BCUT2D eigenvalue weighted by Crippen LogP contribution is -2.28. The van der Waals surface area contributed by atoms with Crippen LogP contribution in [0.1, 0.15) is 24.8 Å². The Morgan fingerprint density at radius 1 is 1.35 bits per heavy atom. The van der Waals surface area contributed by atoms with Gasteiger partial charge in [0, 0.05) is 5.92 Å². The summed E-state index contributed by atoms with van der Waals surface area (Å²) in [6.45, 7) is 0. The maximum absolute atomic E-state index is 12.9. The number of carbonyl (C=O) groups excluding carboxylic acids is 1. The number of para-hydroxylation sites is 1. The van der Waals surface area contributed by atoms with Gasteiger partial charge in [-0.1, -0.05) is 12.5 Å². The van der Waals surface area contributed by atoms with E-state index < -0.39 is 17.4 Å². The second kappa shape index (κ2) is 5.41. The van der Waals surface area contributed by atoms with E-state index in [1.165, 1.54) is 18.3 Å². The minimum absolute atomic E-state index is 0.0294. The minimum atomic E-state index is -4.60. The summed E-state index contributed by atoms with van der Waals surface area (Å²) in [6.07, 6.45) is -0.703. The van der Waals surface area contributed by atoms with Crippen LogP contribution in [0, 0.1) is 17.4 Å². The number of amides is 1. The van der Waals surface area contributed by atoms with E-state index in [-0.39, 0.29) is 17.5 Å². The smallest absolute Gasteiger partial charge is 0.324 e. The number of benzene rings is 1. The van der Waals surface area contributed by atoms with Crippen molar-refractivity contribution in [3.8, 4) is 6.19 Å². The topological polar surface area (TPSA) is 64.9 Å². The number of rotatable bonds is 3. The highest BCUT2D eigenvalue weighted by atomic mass is 19.4. The van der Waals surface area contributed by atoms with Crippen LogP contribution in [-0.2, 0) is 11.0 Å². The molecule has 1 fully saturated rings. The SMILES string of the molecule is N#CNc1c(NC(=O)C2CCC2)cccc1C(F)(F)F. The molecule has 0 aliphatic heterocycles. The third kappa shape index (κ3) is 2.85. The molecule has 1 aromatic rings. The summed E-state index contributed by atoms with van der Waals surface area (Å²) in [7, 11) is 0. The number of nitriles is 1. The molecule has 0 bridgehead atoms. The lowest BCUT2D eigenvalue weighted by Gasteiger charge is -2.25. The number of anilines is 2. The molecule has 0 unspecified atom stereocenters. The molecule has 0 aromatic heterocycles. The highest BCUT2D eigenvalue weighted by Gasteiger charge is 2.35. The first-order chi connectivity index (χ1) is 9.43. The van der Waals surface area contributed by atoms with Crippen LogP contribution in [0.4, 0.5) is 24.5 Å². The van der Waals surface area contributed by atoms with Crippen molar-refractivity contribution in [2.75, 3.05) is 10.6 Å². The molecule has 1 aliphatic rings. The van der Waals surface area contributed by atoms with E-state index in [1.807, 2.05) is 5.32 Å². The summed E-state index contributed by atoms with van der Waals surface area (Å²) in [5.74, 6) is -0.462. The van der Waals surface area contributed by atoms with Crippen LogP contribution in [0.2, 0.25) is 0 Å². The monoisotopic (exact) mass is 283 g/mol. The number of alkyl halides is 3. The van der Waals surface area contributed by atoms with Gasteiger partial charge in [-0.15, -0.1) is 0 Å². The summed E-state index contributed by atoms with van der Waals surface area (Å²) in [6, 6.07) is 3.39. The second-order valence-electron chi connectivity index (χ2n) is 4.58. The van der Waals surface area contributed by atoms with E-state index in [0.717, 1.165) is 25.3 Å². The van der Waals surface area contributed by atoms with Crippen LogP contribution < -0.4 is 10.6 Å². The van der Waals surface area contributed by atoms with Gasteiger partial charge in [-0.25, -0.2) is 0 Å². The van der Waals surface area contributed by atoms with Crippen molar-refractivity contribution < 1.29 is 18.0 Å². The average molecular weight is 283 g/mol. The van der Waals surface area contributed by atoms with Gasteiger partial charge in [0.2, 0.25) is 5.91 Å². The number of halogens is 3. The third-order valence-electron chi connectivity index (χ3n) is 3.28. The molecule has 0 spiro atoms. The Balaban J connectivity index is 2.32. The molecule has 1 aromatic carbocycles. The molecule has 4 nitrogen and oxygen atoms in total. The third-order valence-corrected chi connectivity index (χ3v) is 3.28. The molecule has 1 amide bonds. The molecule has 0 radical (unpaired) electrons. The van der Waals surface area contributed by atoms with Gasteiger partial charge in [0.15, 0.2) is 6.19 Å². The number of nitrogens with zero attached hydrogens (tertiary/aromatic N) is 1. The van der Waals surface area contributed by atoms with Gasteiger partial charge in [0.25, 0.3) is 0 Å². The van der Waals surface area contributed by atoms with Gasteiger partial charge < -0.3 is 5.32 Å². The average Bonchev–Trinajstić information content (AvgIpc) is 2.27. The predicted molar refractivity (Wildman–Crippen MR) is 66.7 cm³/mol. The van der Waals surface area contributed by atoms with Crippen LogP contribution in [0.25, 0.3) is 0 Å². The van der Waals surface area contributed by atoms with Gasteiger partial charge in [-0.05, 0) is 25.0 Å². The van der Waals surface area contributed by atoms with Gasteiger partial charge in [0.05, 0.1) is 16.9 Å². The fourth-order valence-corrected chi connectivity index (χ4v) is 1.99. The van der Waals surface area contributed by atoms with Crippen molar-refractivity contribution >= 4 is 17.3 Å². The lowest BCUT2D eigenvalue weighted by atomic mass is 9.85. The summed E-state index contributed by atoms with van der Waals surface area (Å²) in [5, 5.41) is 13.1. The zero-order chi connectivity index (χ0) is 14.8. The van der Waals surface area contributed by atoms with Crippen LogP contribution in [0.15, 0.2) is 18.2 Å². The normalized spacial score (nSPS) is 15.1. The van der Waals surface area contributed by atoms with Crippen molar-refractivity contribution in [2.45, 2.75) is 25.4 Å². The largest absolute Gasteiger partial charge is 0.418 e. The van der Waals surface area contributed by atoms with E-state index >= 15 is 0 Å². The molecule has 106 valence electrons. The van der Waals surface area contributed by atoms with Crippen LogP contribution >= 0.6 is 0 Å². The van der Waals surface area contributed by atoms with Gasteiger partial charge in [0.1, 0.15) is 0 Å². The Morgan fingerprint density at radius 2 is 2.05 bits per heavy atom. The first kappa shape index (κ1) is 14.2. The lowest BCUT2D eigenvalue weighted by molar-refractivity contribution is -0.137. The minimum Gasteiger partial charge on any atom is -0.324 e. The maximum atomic E-state index is 12.9. The first-order valence-corrected chi connectivity index (χ1v) is 6.09. The van der Waals surface area contributed by atoms with E-state index in [4.69, 9.17) is 5.26 Å². The maximum Gasteiger partial charge on any atom is 0.418 e. The van der Waals surface area contributed by atoms with Crippen molar-refractivity contribution in [3.05, 3.63) is 23.8 Å². The molecule has 7 heteroatoms. The number of carbonyl (C=O) groups is 1. The molecule has 20 heavy (non-hydrogen) atoms. The summed E-state index contributed by atoms with van der Waals surface area (Å²) in [5.41, 5.74) is -1.43. The van der Waals surface area contributed by atoms with Crippen LogP contribution in [0.5, 0.6) is 0 Å². The zero-order valence-corrected chi connectivity index (χ0v) is 10.4. The molecule has 0 atom stereocenters. The molecule has 0 saturated heterocycles. The van der Waals surface area contributed by atoms with Crippen molar-refractivity contribution in [1.82, 2.24) is 0 Å². The standard InChI is InChI=1S/C13H12F3N3O/c14-13(15,16)9-5-2-6-10(11(9)18-7-17)19-12(20)8-3-1-4-8/h2,5-6,8,18H,1,3-4H2,(H,19,20). The van der Waals surface area contributed by atoms with Gasteiger partial charge in [-0.3, -0.25) is 10.1 Å². The van der Waals surface area contributed by atoms with E-state index in [0.29, 0.717) is 0 Å². The summed E-state index contributed by atoms with van der Waals surface area (Å²) >= 11 is 0. The molecule has 2 rings (SSSR count). The Bertz CT molecular complexity index is 559. The van der Waals surface area contributed by atoms with Gasteiger partial charge in [-0.2, -0.15) is 18.4 Å². The summed E-state index contributed by atoms with van der Waals surface area (Å²) < 4.78 is 38.6. The Morgan fingerprint density at radius 3 is 2.55 bits per heavy atom. The van der Waals surface area contributed by atoms with E-state index in [2.05, 4.69) is 5.32 Å². The summed E-state index contributed by atoms with van der Waals surface area (Å²) in [4.78, 5) is 11.8. The quantitative estimate of drug-likeness (QED) is 0.660. The number of hydrogen-bond donors (Lipinski definition) is 2.